The van der Waals surface area contributed by atoms with Crippen molar-refractivity contribution >= 4 is 23.2 Å². The highest BCUT2D eigenvalue weighted by Gasteiger charge is 2.10. The fourth-order valence-electron chi connectivity index (χ4n) is 1.89. The van der Waals surface area contributed by atoms with Crippen molar-refractivity contribution in [3.63, 3.8) is 0 Å². The zero-order valence-corrected chi connectivity index (χ0v) is 10.7. The van der Waals surface area contributed by atoms with Gasteiger partial charge >= 0.3 is 0 Å². The molecule has 0 amide bonds. The van der Waals surface area contributed by atoms with Gasteiger partial charge in [0.2, 0.25) is 0 Å². The molecule has 0 heterocycles. The third kappa shape index (κ3) is 1.95. The van der Waals surface area contributed by atoms with Gasteiger partial charge in [-0.25, -0.2) is 0 Å². The number of rotatable bonds is 1. The first-order chi connectivity index (χ1) is 7.61. The maximum Gasteiger partial charge on any atom is 0.0677 e. The highest BCUT2D eigenvalue weighted by Crippen LogP contribution is 2.36. The number of benzene rings is 2. The number of hydrogen-bond donors (Lipinski definition) is 0. The molecule has 16 heavy (non-hydrogen) atoms. The average Bonchev–Trinajstić information content (AvgIpc) is 2.24. The fourth-order valence-corrected chi connectivity index (χ4v) is 2.26. The van der Waals surface area contributed by atoms with Gasteiger partial charge in [0.15, 0.2) is 0 Å². The highest BCUT2D eigenvalue weighted by atomic mass is 35.5. The molecular formula is C14H11Cl2. The van der Waals surface area contributed by atoms with Crippen LogP contribution in [0.4, 0.5) is 0 Å². The van der Waals surface area contributed by atoms with Gasteiger partial charge in [0, 0.05) is 11.6 Å². The molecule has 0 fully saturated rings. The summed E-state index contributed by atoms with van der Waals surface area (Å²) in [5, 5.41) is 1.04. The second-order valence-electron chi connectivity index (χ2n) is 3.79. The van der Waals surface area contributed by atoms with E-state index in [-0.39, 0.29) is 0 Å². The summed E-state index contributed by atoms with van der Waals surface area (Å²) in [7, 11) is 0. The van der Waals surface area contributed by atoms with Gasteiger partial charge in [-0.3, -0.25) is 0 Å². The van der Waals surface area contributed by atoms with Gasteiger partial charge in [0.25, 0.3) is 0 Å². The molecule has 0 bridgehead atoms. The Labute approximate surface area is 106 Å². The Hall–Kier alpha value is -0.980. The van der Waals surface area contributed by atoms with E-state index in [2.05, 4.69) is 32.0 Å². The molecule has 0 aromatic heterocycles. The Morgan fingerprint density at radius 2 is 1.62 bits per heavy atom. The quantitative estimate of drug-likeness (QED) is 0.662. The standard InChI is InChI=1S/C14H11Cl2/c1-9-5-3-6-10(2)13(9)11-7-4-8-12(15)14(11)16/h3-7H,1-2H3. The lowest BCUT2D eigenvalue weighted by atomic mass is 9.96. The number of hydrogen-bond acceptors (Lipinski definition) is 0. The summed E-state index contributed by atoms with van der Waals surface area (Å²) in [6, 6.07) is 12.8. The second kappa shape index (κ2) is 4.48. The molecule has 0 unspecified atom stereocenters. The predicted octanol–water partition coefficient (Wildman–Crippen LogP) is 5.08. The Bertz CT molecular complexity index is 510. The first-order valence-electron chi connectivity index (χ1n) is 5.03. The molecule has 0 saturated heterocycles. The van der Waals surface area contributed by atoms with Crippen molar-refractivity contribution in [1.82, 2.24) is 0 Å². The van der Waals surface area contributed by atoms with E-state index in [1.165, 1.54) is 11.1 Å². The lowest BCUT2D eigenvalue weighted by molar-refractivity contribution is 1.38. The first-order valence-corrected chi connectivity index (χ1v) is 5.79. The van der Waals surface area contributed by atoms with Crippen LogP contribution in [-0.2, 0) is 0 Å². The number of halogens is 2. The minimum absolute atomic E-state index is 0.474. The van der Waals surface area contributed by atoms with Crippen molar-refractivity contribution < 1.29 is 0 Å². The zero-order chi connectivity index (χ0) is 11.7. The molecule has 0 nitrogen and oxygen atoms in total. The molecule has 2 aromatic carbocycles. The predicted molar refractivity (Wildman–Crippen MR) is 70.2 cm³/mol. The van der Waals surface area contributed by atoms with Crippen LogP contribution in [0.1, 0.15) is 11.1 Å². The SMILES string of the molecule is Cc1cccc(C)c1-c1cc[c]c(Cl)c1Cl. The van der Waals surface area contributed by atoms with Crippen LogP contribution in [0.25, 0.3) is 11.1 Å². The summed E-state index contributed by atoms with van der Waals surface area (Å²) in [5.41, 5.74) is 4.53. The zero-order valence-electron chi connectivity index (χ0n) is 9.14. The molecule has 0 spiro atoms. The third-order valence-corrected chi connectivity index (χ3v) is 3.43. The molecule has 0 aliphatic heterocycles. The van der Waals surface area contributed by atoms with Gasteiger partial charge < -0.3 is 0 Å². The van der Waals surface area contributed by atoms with E-state index < -0.39 is 0 Å². The summed E-state index contributed by atoms with van der Waals surface area (Å²) in [5.74, 6) is 0. The van der Waals surface area contributed by atoms with Crippen LogP contribution in [0.3, 0.4) is 0 Å². The van der Waals surface area contributed by atoms with E-state index >= 15 is 0 Å². The van der Waals surface area contributed by atoms with Gasteiger partial charge in [0.05, 0.1) is 10.0 Å². The van der Waals surface area contributed by atoms with E-state index in [1.807, 2.05) is 12.1 Å². The maximum absolute atomic E-state index is 6.21. The Morgan fingerprint density at radius 3 is 2.25 bits per heavy atom. The summed E-state index contributed by atoms with van der Waals surface area (Å²) in [4.78, 5) is 0. The third-order valence-electron chi connectivity index (χ3n) is 2.64. The lowest BCUT2D eigenvalue weighted by Crippen LogP contribution is -1.89. The van der Waals surface area contributed by atoms with Crippen molar-refractivity contribution in [2.75, 3.05) is 0 Å². The van der Waals surface area contributed by atoms with Crippen molar-refractivity contribution in [2.45, 2.75) is 13.8 Å². The smallest absolute Gasteiger partial charge is 0.0677 e. The van der Waals surface area contributed by atoms with Crippen molar-refractivity contribution in [3.8, 4) is 11.1 Å². The van der Waals surface area contributed by atoms with Gasteiger partial charge in [0.1, 0.15) is 0 Å². The Morgan fingerprint density at radius 1 is 1.00 bits per heavy atom. The molecule has 2 aromatic rings. The van der Waals surface area contributed by atoms with E-state index in [0.717, 1.165) is 11.1 Å². The Kier molecular flexibility index (Phi) is 3.22. The maximum atomic E-state index is 6.21. The van der Waals surface area contributed by atoms with Gasteiger partial charge in [-0.1, -0.05) is 53.5 Å². The highest BCUT2D eigenvalue weighted by molar-refractivity contribution is 6.43. The lowest BCUT2D eigenvalue weighted by Gasteiger charge is -2.12. The van der Waals surface area contributed by atoms with E-state index in [9.17, 15) is 0 Å². The molecule has 2 heteroatoms. The summed E-state index contributed by atoms with van der Waals surface area (Å²) >= 11 is 12.2. The molecule has 0 aliphatic carbocycles. The molecule has 0 N–H and O–H groups in total. The van der Waals surface area contributed by atoms with Crippen LogP contribution in [0.5, 0.6) is 0 Å². The minimum atomic E-state index is 0.474. The van der Waals surface area contributed by atoms with Crippen LogP contribution < -0.4 is 0 Å². The molecular weight excluding hydrogens is 239 g/mol. The second-order valence-corrected chi connectivity index (χ2v) is 4.54. The average molecular weight is 250 g/mol. The van der Waals surface area contributed by atoms with Crippen LogP contribution in [0.15, 0.2) is 30.3 Å². The summed E-state index contributed by atoms with van der Waals surface area (Å²) < 4.78 is 0. The van der Waals surface area contributed by atoms with Crippen LogP contribution in [0.2, 0.25) is 10.0 Å². The van der Waals surface area contributed by atoms with Gasteiger partial charge in [-0.15, -0.1) is 0 Å². The fraction of sp³-hybridized carbons (Fsp3) is 0.143. The first kappa shape index (κ1) is 11.5. The van der Waals surface area contributed by atoms with Crippen LogP contribution in [0, 0.1) is 19.9 Å². The Balaban J connectivity index is 2.73. The molecule has 0 aliphatic rings. The van der Waals surface area contributed by atoms with Crippen molar-refractivity contribution in [1.29, 1.82) is 0 Å². The van der Waals surface area contributed by atoms with E-state index in [1.54, 1.807) is 6.07 Å². The van der Waals surface area contributed by atoms with Crippen molar-refractivity contribution in [3.05, 3.63) is 57.6 Å². The summed E-state index contributed by atoms with van der Waals surface area (Å²) in [6.07, 6.45) is 0. The van der Waals surface area contributed by atoms with Crippen molar-refractivity contribution in [2.24, 2.45) is 0 Å². The van der Waals surface area contributed by atoms with Crippen LogP contribution >= 0.6 is 23.2 Å². The normalized spacial score (nSPS) is 10.5. The number of aryl methyl sites for hydroxylation is 2. The van der Waals surface area contributed by atoms with Crippen LogP contribution in [-0.4, -0.2) is 0 Å². The van der Waals surface area contributed by atoms with Gasteiger partial charge in [-0.2, -0.15) is 0 Å². The van der Waals surface area contributed by atoms with E-state index in [0.29, 0.717) is 10.0 Å². The minimum Gasteiger partial charge on any atom is -0.0820 e. The molecule has 2 rings (SSSR count). The summed E-state index contributed by atoms with van der Waals surface area (Å²) in [6.45, 7) is 4.15. The molecule has 0 atom stereocenters. The monoisotopic (exact) mass is 249 g/mol. The molecule has 1 radical (unpaired) electrons. The van der Waals surface area contributed by atoms with E-state index in [4.69, 9.17) is 23.2 Å². The largest absolute Gasteiger partial charge is 0.0820 e. The molecule has 81 valence electrons. The molecule has 0 saturated carbocycles. The van der Waals surface area contributed by atoms with Gasteiger partial charge in [-0.05, 0) is 30.5 Å². The topological polar surface area (TPSA) is 0 Å².